The van der Waals surface area contributed by atoms with E-state index < -0.39 is 0 Å². The van der Waals surface area contributed by atoms with Crippen LogP contribution in [0.5, 0.6) is 11.5 Å². The molecule has 1 aromatic rings. The minimum Gasteiger partial charge on any atom is -0.503 e. The third-order valence-electron chi connectivity index (χ3n) is 4.17. The Kier molecular flexibility index (Phi) is 6.33. The summed E-state index contributed by atoms with van der Waals surface area (Å²) in [6.45, 7) is 3.11. The van der Waals surface area contributed by atoms with Crippen LogP contribution in [0.1, 0.15) is 31.2 Å². The van der Waals surface area contributed by atoms with Gasteiger partial charge in [0.15, 0.2) is 11.5 Å². The molecule has 1 aromatic carbocycles. The van der Waals surface area contributed by atoms with Gasteiger partial charge in [0.1, 0.15) is 0 Å². The quantitative estimate of drug-likeness (QED) is 0.821. The number of piperidine rings is 1. The van der Waals surface area contributed by atoms with Crippen molar-refractivity contribution in [2.24, 2.45) is 0 Å². The van der Waals surface area contributed by atoms with Crippen LogP contribution in [0.25, 0.3) is 0 Å². The van der Waals surface area contributed by atoms with E-state index in [0.717, 1.165) is 19.6 Å². The molecule has 0 spiro atoms. The van der Waals surface area contributed by atoms with Crippen molar-refractivity contribution in [1.29, 1.82) is 0 Å². The van der Waals surface area contributed by atoms with Crippen molar-refractivity contribution in [3.05, 3.63) is 22.2 Å². The molecule has 0 aromatic heterocycles. The van der Waals surface area contributed by atoms with Gasteiger partial charge in [-0.25, -0.2) is 0 Å². The first kappa shape index (κ1) is 16.6. The molecule has 4 nitrogen and oxygen atoms in total. The monoisotopic (exact) mass is 356 g/mol. The fourth-order valence-electron chi connectivity index (χ4n) is 3.01. The molecule has 1 aliphatic rings. The van der Waals surface area contributed by atoms with Crippen LogP contribution >= 0.6 is 15.9 Å². The summed E-state index contributed by atoms with van der Waals surface area (Å²) in [5.41, 5.74) is 1.17. The molecule has 1 heterocycles. The lowest BCUT2D eigenvalue weighted by Gasteiger charge is -2.36. The standard InChI is InChI=1S/C16H25BrN2O2/c1-18-7-6-13-5-3-4-8-19(13)11-12-9-14(17)16(20)15(10-12)21-2/h9-10,13,18,20H,3-8,11H2,1-2H3. The van der Waals surface area contributed by atoms with Crippen molar-refractivity contribution in [3.8, 4) is 11.5 Å². The molecule has 1 aliphatic heterocycles. The first-order valence-electron chi connectivity index (χ1n) is 7.59. The molecular weight excluding hydrogens is 332 g/mol. The minimum absolute atomic E-state index is 0.173. The Labute approximate surface area is 135 Å². The van der Waals surface area contributed by atoms with Crippen LogP contribution in [-0.4, -0.2) is 43.3 Å². The summed E-state index contributed by atoms with van der Waals surface area (Å²) in [4.78, 5) is 2.55. The first-order chi connectivity index (χ1) is 10.2. The number of rotatable bonds is 6. The van der Waals surface area contributed by atoms with Crippen molar-refractivity contribution in [2.45, 2.75) is 38.3 Å². The number of hydrogen-bond acceptors (Lipinski definition) is 4. The first-order valence-corrected chi connectivity index (χ1v) is 8.39. The van der Waals surface area contributed by atoms with Gasteiger partial charge in [-0.3, -0.25) is 4.90 Å². The van der Waals surface area contributed by atoms with E-state index in [1.165, 1.54) is 31.2 Å². The second-order valence-corrected chi connectivity index (χ2v) is 6.50. The molecule has 1 atom stereocenters. The molecule has 1 fully saturated rings. The molecular formula is C16H25BrN2O2. The summed E-state index contributed by atoms with van der Waals surface area (Å²) in [6.07, 6.45) is 5.06. The highest BCUT2D eigenvalue weighted by Crippen LogP contribution is 2.36. The predicted molar refractivity (Wildman–Crippen MR) is 89.0 cm³/mol. The van der Waals surface area contributed by atoms with E-state index in [9.17, 15) is 5.11 Å². The molecule has 1 unspecified atom stereocenters. The number of phenolic OH excluding ortho intramolecular Hbond substituents is 1. The highest BCUT2D eigenvalue weighted by Gasteiger charge is 2.22. The normalized spacial score (nSPS) is 19.7. The number of hydrogen-bond donors (Lipinski definition) is 2. The zero-order chi connectivity index (χ0) is 15.2. The third-order valence-corrected chi connectivity index (χ3v) is 4.77. The van der Waals surface area contributed by atoms with E-state index in [1.54, 1.807) is 7.11 Å². The van der Waals surface area contributed by atoms with E-state index in [0.29, 0.717) is 16.3 Å². The molecule has 0 radical (unpaired) electrons. The highest BCUT2D eigenvalue weighted by molar-refractivity contribution is 9.10. The fourth-order valence-corrected chi connectivity index (χ4v) is 3.50. The number of halogens is 1. The molecule has 5 heteroatoms. The number of aromatic hydroxyl groups is 1. The summed E-state index contributed by atoms with van der Waals surface area (Å²) < 4.78 is 5.93. The maximum Gasteiger partial charge on any atom is 0.172 e. The van der Waals surface area contributed by atoms with Crippen molar-refractivity contribution < 1.29 is 9.84 Å². The van der Waals surface area contributed by atoms with E-state index in [1.807, 2.05) is 19.2 Å². The van der Waals surface area contributed by atoms with Crippen molar-refractivity contribution in [3.63, 3.8) is 0 Å². The highest BCUT2D eigenvalue weighted by atomic mass is 79.9. The molecule has 21 heavy (non-hydrogen) atoms. The second-order valence-electron chi connectivity index (χ2n) is 5.64. The minimum atomic E-state index is 0.173. The fraction of sp³-hybridized carbons (Fsp3) is 0.625. The van der Waals surface area contributed by atoms with Crippen LogP contribution in [0, 0.1) is 0 Å². The number of phenols is 1. The molecule has 2 N–H and O–H groups in total. The Morgan fingerprint density at radius 2 is 2.24 bits per heavy atom. The van der Waals surface area contributed by atoms with Crippen LogP contribution in [0.2, 0.25) is 0 Å². The Balaban J connectivity index is 2.09. The second kappa shape index (κ2) is 8.01. The molecule has 2 rings (SSSR count). The smallest absolute Gasteiger partial charge is 0.172 e. The van der Waals surface area contributed by atoms with Gasteiger partial charge in [-0.15, -0.1) is 0 Å². The summed E-state index contributed by atoms with van der Waals surface area (Å²) in [6, 6.07) is 4.57. The topological polar surface area (TPSA) is 44.7 Å². The van der Waals surface area contributed by atoms with Gasteiger partial charge in [0.25, 0.3) is 0 Å². The average molecular weight is 357 g/mol. The van der Waals surface area contributed by atoms with Gasteiger partial charge in [-0.1, -0.05) is 6.42 Å². The number of ether oxygens (including phenoxy) is 1. The van der Waals surface area contributed by atoms with E-state index in [2.05, 4.69) is 26.1 Å². The maximum atomic E-state index is 9.90. The lowest BCUT2D eigenvalue weighted by molar-refractivity contribution is 0.132. The largest absolute Gasteiger partial charge is 0.503 e. The summed E-state index contributed by atoms with van der Waals surface area (Å²) in [7, 11) is 3.59. The van der Waals surface area contributed by atoms with Gasteiger partial charge in [-0.05, 0) is 73.0 Å². The van der Waals surface area contributed by atoms with Gasteiger partial charge >= 0.3 is 0 Å². The predicted octanol–water partition coefficient (Wildman–Crippen LogP) is 3.13. The zero-order valence-corrected chi connectivity index (χ0v) is 14.4. The summed E-state index contributed by atoms with van der Waals surface area (Å²) in [5.74, 6) is 0.704. The number of methoxy groups -OCH3 is 1. The van der Waals surface area contributed by atoms with Crippen LogP contribution in [0.15, 0.2) is 16.6 Å². The lowest BCUT2D eigenvalue weighted by atomic mass is 9.98. The maximum absolute atomic E-state index is 9.90. The molecule has 0 saturated carbocycles. The van der Waals surface area contributed by atoms with Gasteiger partial charge < -0.3 is 15.2 Å². The van der Waals surface area contributed by atoms with E-state index >= 15 is 0 Å². The van der Waals surface area contributed by atoms with Crippen LogP contribution in [0.4, 0.5) is 0 Å². The number of nitrogens with one attached hydrogen (secondary N) is 1. The van der Waals surface area contributed by atoms with Crippen LogP contribution in [-0.2, 0) is 6.54 Å². The lowest BCUT2D eigenvalue weighted by Crippen LogP contribution is -2.40. The SMILES string of the molecule is CNCCC1CCCCN1Cc1cc(Br)c(O)c(OC)c1. The molecule has 0 bridgehead atoms. The number of likely N-dealkylation sites (tertiary alicyclic amines) is 1. The van der Waals surface area contributed by atoms with Crippen LogP contribution in [0.3, 0.4) is 0 Å². The van der Waals surface area contributed by atoms with Crippen molar-refractivity contribution in [1.82, 2.24) is 10.2 Å². The van der Waals surface area contributed by atoms with Gasteiger partial charge in [0, 0.05) is 12.6 Å². The van der Waals surface area contributed by atoms with Crippen molar-refractivity contribution >= 4 is 15.9 Å². The Morgan fingerprint density at radius 3 is 2.95 bits per heavy atom. The number of benzene rings is 1. The number of nitrogens with zero attached hydrogens (tertiary/aromatic N) is 1. The Hall–Kier alpha value is -0.780. The van der Waals surface area contributed by atoms with E-state index in [-0.39, 0.29) is 5.75 Å². The summed E-state index contributed by atoms with van der Waals surface area (Å²) in [5, 5.41) is 13.1. The van der Waals surface area contributed by atoms with E-state index in [4.69, 9.17) is 4.74 Å². The molecule has 118 valence electrons. The molecule has 1 saturated heterocycles. The molecule has 0 amide bonds. The Morgan fingerprint density at radius 1 is 1.43 bits per heavy atom. The zero-order valence-electron chi connectivity index (χ0n) is 12.9. The van der Waals surface area contributed by atoms with Gasteiger partial charge in [0.2, 0.25) is 0 Å². The third kappa shape index (κ3) is 4.34. The van der Waals surface area contributed by atoms with Gasteiger partial charge in [-0.2, -0.15) is 0 Å². The Bertz CT molecular complexity index is 468. The van der Waals surface area contributed by atoms with Gasteiger partial charge in [0.05, 0.1) is 11.6 Å². The van der Waals surface area contributed by atoms with Crippen LogP contribution < -0.4 is 10.1 Å². The summed E-state index contributed by atoms with van der Waals surface area (Å²) >= 11 is 3.40. The average Bonchev–Trinajstić information content (AvgIpc) is 2.50. The van der Waals surface area contributed by atoms with Crippen molar-refractivity contribution in [2.75, 3.05) is 27.2 Å². The molecule has 0 aliphatic carbocycles.